The van der Waals surface area contributed by atoms with Gasteiger partial charge in [-0.15, -0.1) is 11.8 Å². The molecule has 3 aromatic rings. The maximum absolute atomic E-state index is 13.6. The Morgan fingerprint density at radius 3 is 2.67 bits per heavy atom. The third kappa shape index (κ3) is 3.70. The Morgan fingerprint density at radius 2 is 2.00 bits per heavy atom. The van der Waals surface area contributed by atoms with Gasteiger partial charge in [0.15, 0.2) is 0 Å². The normalized spacial score (nSPS) is 16.7. The summed E-state index contributed by atoms with van der Waals surface area (Å²) >= 11 is 1.65. The largest absolute Gasteiger partial charge is 0.334 e. The van der Waals surface area contributed by atoms with Gasteiger partial charge in [0, 0.05) is 22.7 Å². The molecule has 2 amide bonds. The average molecular weight is 425 g/mol. The van der Waals surface area contributed by atoms with Gasteiger partial charge in [0.2, 0.25) is 5.82 Å². The molecule has 0 fully saturated rings. The van der Waals surface area contributed by atoms with Crippen molar-refractivity contribution in [2.24, 2.45) is 0 Å². The summed E-state index contributed by atoms with van der Waals surface area (Å²) in [4.78, 5) is 19.9. The van der Waals surface area contributed by atoms with E-state index in [4.69, 9.17) is 4.52 Å². The zero-order valence-electron chi connectivity index (χ0n) is 16.8. The second kappa shape index (κ2) is 8.31. The molecule has 0 radical (unpaired) electrons. The number of rotatable bonds is 5. The van der Waals surface area contributed by atoms with Crippen LogP contribution < -0.4 is 5.32 Å². The molecule has 1 aliphatic rings. The Labute approximate surface area is 178 Å². The summed E-state index contributed by atoms with van der Waals surface area (Å²) in [6.07, 6.45) is 2.01. The van der Waals surface area contributed by atoms with Crippen molar-refractivity contribution in [3.05, 3.63) is 71.5 Å². The summed E-state index contributed by atoms with van der Waals surface area (Å²) in [6, 6.07) is 13.4. The lowest BCUT2D eigenvalue weighted by molar-refractivity contribution is 0.207. The molecule has 8 heteroatoms. The van der Waals surface area contributed by atoms with Crippen LogP contribution in [0.5, 0.6) is 0 Å². The smallest absolute Gasteiger partial charge is 0.322 e. The number of hydrogen-bond donors (Lipinski definition) is 1. The van der Waals surface area contributed by atoms with Crippen molar-refractivity contribution in [2.75, 3.05) is 12.8 Å². The van der Waals surface area contributed by atoms with Crippen molar-refractivity contribution in [2.45, 2.75) is 24.8 Å². The van der Waals surface area contributed by atoms with Gasteiger partial charge in [0.25, 0.3) is 5.89 Å². The number of carbonyl (C=O) groups excluding carboxylic acids is 1. The molecular formula is C22H21FN4O2S. The zero-order chi connectivity index (χ0) is 21.3. The van der Waals surface area contributed by atoms with Gasteiger partial charge in [0.05, 0.1) is 11.6 Å². The van der Waals surface area contributed by atoms with E-state index in [-0.39, 0.29) is 11.8 Å². The molecule has 2 aromatic carbocycles. The fourth-order valence-corrected chi connectivity index (χ4v) is 3.97. The Bertz CT molecular complexity index is 1110. The first-order valence-electron chi connectivity index (χ1n) is 9.54. The fourth-order valence-electron chi connectivity index (χ4n) is 3.56. The van der Waals surface area contributed by atoms with Crippen LogP contribution in [0.15, 0.2) is 63.6 Å². The Kier molecular flexibility index (Phi) is 5.59. The number of urea groups is 1. The maximum atomic E-state index is 13.6. The number of benzene rings is 2. The monoisotopic (exact) mass is 424 g/mol. The van der Waals surface area contributed by atoms with E-state index in [1.54, 1.807) is 28.8 Å². The van der Waals surface area contributed by atoms with Gasteiger partial charge in [-0.05, 0) is 49.9 Å². The minimum absolute atomic E-state index is 0.178. The summed E-state index contributed by atoms with van der Waals surface area (Å²) < 4.78 is 19.2. The molecule has 1 N–H and O–H groups in total. The van der Waals surface area contributed by atoms with Crippen LogP contribution in [0.2, 0.25) is 0 Å². The van der Waals surface area contributed by atoms with E-state index in [2.05, 4.69) is 15.5 Å². The average Bonchev–Trinajstić information content (AvgIpc) is 3.23. The predicted molar refractivity (Wildman–Crippen MR) is 114 cm³/mol. The second-order valence-corrected chi connectivity index (χ2v) is 7.71. The van der Waals surface area contributed by atoms with Crippen molar-refractivity contribution in [1.82, 2.24) is 20.4 Å². The van der Waals surface area contributed by atoms with E-state index in [0.717, 1.165) is 21.7 Å². The molecule has 0 saturated heterocycles. The Hall–Kier alpha value is -3.13. The van der Waals surface area contributed by atoms with Crippen molar-refractivity contribution in [3.63, 3.8) is 0 Å². The van der Waals surface area contributed by atoms with Crippen LogP contribution in [0.25, 0.3) is 17.0 Å². The molecule has 1 unspecified atom stereocenters. The van der Waals surface area contributed by atoms with Gasteiger partial charge in [0.1, 0.15) is 5.82 Å². The predicted octanol–water partition coefficient (Wildman–Crippen LogP) is 5.12. The van der Waals surface area contributed by atoms with Crippen LogP contribution in [-0.2, 0) is 0 Å². The molecule has 1 aromatic heterocycles. The first kappa shape index (κ1) is 20.2. The van der Waals surface area contributed by atoms with Crippen molar-refractivity contribution >= 4 is 23.4 Å². The van der Waals surface area contributed by atoms with Crippen LogP contribution in [-0.4, -0.2) is 33.9 Å². The van der Waals surface area contributed by atoms with Gasteiger partial charge in [-0.1, -0.05) is 29.4 Å². The number of hydrogen-bond acceptors (Lipinski definition) is 5. The minimum Gasteiger partial charge on any atom is -0.334 e. The topological polar surface area (TPSA) is 71.3 Å². The maximum Gasteiger partial charge on any atom is 0.322 e. The number of aromatic nitrogens is 2. The van der Waals surface area contributed by atoms with Crippen LogP contribution in [0, 0.1) is 5.82 Å². The molecule has 6 nitrogen and oxygen atoms in total. The summed E-state index contributed by atoms with van der Waals surface area (Å²) in [5, 5.41) is 7.08. The van der Waals surface area contributed by atoms with Gasteiger partial charge < -0.3 is 9.84 Å². The van der Waals surface area contributed by atoms with Crippen LogP contribution in [0.3, 0.4) is 0 Å². The summed E-state index contributed by atoms with van der Waals surface area (Å²) in [5.41, 5.74) is 2.91. The van der Waals surface area contributed by atoms with E-state index in [0.29, 0.717) is 23.8 Å². The highest BCUT2D eigenvalue weighted by Crippen LogP contribution is 2.37. The van der Waals surface area contributed by atoms with Crippen molar-refractivity contribution in [1.29, 1.82) is 0 Å². The van der Waals surface area contributed by atoms with Crippen LogP contribution in [0.4, 0.5) is 9.18 Å². The molecule has 1 atom stereocenters. The third-order valence-electron chi connectivity index (χ3n) is 5.10. The Morgan fingerprint density at radius 1 is 1.23 bits per heavy atom. The highest BCUT2D eigenvalue weighted by atomic mass is 32.2. The van der Waals surface area contributed by atoms with Crippen LogP contribution in [0.1, 0.15) is 31.3 Å². The lowest BCUT2D eigenvalue weighted by Crippen LogP contribution is -2.45. The summed E-state index contributed by atoms with van der Waals surface area (Å²) in [7, 11) is 0. The lowest BCUT2D eigenvalue weighted by Gasteiger charge is -2.34. The number of nitrogens with one attached hydrogen (secondary N) is 1. The van der Waals surface area contributed by atoms with E-state index >= 15 is 0 Å². The number of nitrogens with zero attached hydrogens (tertiary/aromatic N) is 3. The van der Waals surface area contributed by atoms with E-state index in [9.17, 15) is 9.18 Å². The second-order valence-electron chi connectivity index (χ2n) is 6.83. The molecule has 30 heavy (non-hydrogen) atoms. The SMILES string of the molecule is CCN1C(=O)NC(c2ccc(SC)cc2)C(c2nc(-c3cccc(F)c3)no2)=C1C. The number of halogens is 1. The fraction of sp³-hybridized carbons (Fsp3) is 0.227. The third-order valence-corrected chi connectivity index (χ3v) is 5.84. The molecular weight excluding hydrogens is 403 g/mol. The van der Waals surface area contributed by atoms with Crippen molar-refractivity contribution < 1.29 is 13.7 Å². The molecule has 154 valence electrons. The lowest BCUT2D eigenvalue weighted by atomic mass is 9.95. The highest BCUT2D eigenvalue weighted by Gasteiger charge is 2.35. The molecule has 0 spiro atoms. The zero-order valence-corrected chi connectivity index (χ0v) is 17.7. The quantitative estimate of drug-likeness (QED) is 0.576. The van der Waals surface area contributed by atoms with E-state index in [1.165, 1.54) is 12.1 Å². The molecule has 0 saturated carbocycles. The number of carbonyl (C=O) groups is 1. The summed E-state index contributed by atoms with van der Waals surface area (Å²) in [5.74, 6) is 0.216. The van der Waals surface area contributed by atoms with Crippen molar-refractivity contribution in [3.8, 4) is 11.4 Å². The van der Waals surface area contributed by atoms with Gasteiger partial charge >= 0.3 is 6.03 Å². The number of allylic oxidation sites excluding steroid dienone is 1. The van der Waals surface area contributed by atoms with Gasteiger partial charge in [-0.2, -0.15) is 4.98 Å². The highest BCUT2D eigenvalue weighted by molar-refractivity contribution is 7.98. The van der Waals surface area contributed by atoms with E-state index in [1.807, 2.05) is 44.4 Å². The molecule has 1 aliphatic heterocycles. The molecule has 2 heterocycles. The molecule has 4 rings (SSSR count). The number of amides is 2. The first-order chi connectivity index (χ1) is 14.5. The first-order valence-corrected chi connectivity index (χ1v) is 10.8. The molecule has 0 aliphatic carbocycles. The van der Waals surface area contributed by atoms with Crippen LogP contribution >= 0.6 is 11.8 Å². The van der Waals surface area contributed by atoms with E-state index < -0.39 is 6.04 Å². The van der Waals surface area contributed by atoms with Gasteiger partial charge in [-0.25, -0.2) is 9.18 Å². The summed E-state index contributed by atoms with van der Waals surface area (Å²) in [6.45, 7) is 4.28. The molecule has 0 bridgehead atoms. The Balaban J connectivity index is 1.80. The number of thioether (sulfide) groups is 1. The van der Waals surface area contributed by atoms with Gasteiger partial charge in [-0.3, -0.25) is 4.90 Å². The minimum atomic E-state index is -0.433. The standard InChI is InChI=1S/C22H21FN4O2S/c1-4-27-13(2)18(19(24-22(27)28)14-8-10-17(30-3)11-9-14)21-25-20(26-29-21)15-6-5-7-16(23)12-15/h5-12,19H,4H2,1-3H3,(H,24,28).